The third-order valence-corrected chi connectivity index (χ3v) is 3.31. The van der Waals surface area contributed by atoms with Crippen LogP contribution in [0.4, 0.5) is 0 Å². The quantitative estimate of drug-likeness (QED) is 0.767. The van der Waals surface area contributed by atoms with Gasteiger partial charge in [-0.25, -0.2) is 0 Å². The lowest BCUT2D eigenvalue weighted by Crippen LogP contribution is -2.26. The Hall–Kier alpha value is -1.77. The Balaban J connectivity index is 1.85. The molecule has 3 nitrogen and oxygen atoms in total. The van der Waals surface area contributed by atoms with Gasteiger partial charge in [0.15, 0.2) is 0 Å². The van der Waals surface area contributed by atoms with E-state index in [4.69, 9.17) is 0 Å². The van der Waals surface area contributed by atoms with Gasteiger partial charge < -0.3 is 10.3 Å². The van der Waals surface area contributed by atoms with Crippen molar-refractivity contribution >= 4 is 16.8 Å². The predicted molar refractivity (Wildman–Crippen MR) is 79.1 cm³/mol. The van der Waals surface area contributed by atoms with Crippen molar-refractivity contribution in [2.24, 2.45) is 5.92 Å². The topological polar surface area (TPSA) is 44.9 Å². The maximum atomic E-state index is 11.9. The second kappa shape index (κ2) is 6.41. The predicted octanol–water partition coefficient (Wildman–Crippen LogP) is 3.26. The third-order valence-electron chi connectivity index (χ3n) is 3.31. The zero-order valence-corrected chi connectivity index (χ0v) is 11.7. The van der Waals surface area contributed by atoms with Crippen LogP contribution in [0.5, 0.6) is 0 Å². The highest BCUT2D eigenvalue weighted by Gasteiger charge is 2.07. The van der Waals surface area contributed by atoms with Crippen LogP contribution in [0.25, 0.3) is 10.9 Å². The molecule has 0 unspecified atom stereocenters. The van der Waals surface area contributed by atoms with Gasteiger partial charge in [-0.15, -0.1) is 0 Å². The van der Waals surface area contributed by atoms with Crippen LogP contribution in [0, 0.1) is 5.92 Å². The van der Waals surface area contributed by atoms with Gasteiger partial charge in [0.2, 0.25) is 5.91 Å². The van der Waals surface area contributed by atoms with Gasteiger partial charge >= 0.3 is 0 Å². The third kappa shape index (κ3) is 3.85. The molecule has 2 N–H and O–H groups in total. The van der Waals surface area contributed by atoms with Crippen LogP contribution in [-0.2, 0) is 11.2 Å². The summed E-state index contributed by atoms with van der Waals surface area (Å²) in [6.07, 6.45) is 4.59. The fourth-order valence-electron chi connectivity index (χ4n) is 2.25. The number of H-pyrrole nitrogens is 1. The van der Waals surface area contributed by atoms with E-state index in [0.29, 0.717) is 12.3 Å². The minimum atomic E-state index is 0.105. The number of aromatic nitrogens is 1. The second-order valence-corrected chi connectivity index (χ2v) is 5.42. The normalized spacial score (nSPS) is 11.1. The maximum Gasteiger partial charge on any atom is 0.224 e. The van der Waals surface area contributed by atoms with Gasteiger partial charge in [0.1, 0.15) is 0 Å². The fraction of sp³-hybridized carbons (Fsp3) is 0.438. The number of hydrogen-bond donors (Lipinski definition) is 2. The lowest BCUT2D eigenvalue weighted by Gasteiger charge is -2.06. The molecule has 0 radical (unpaired) electrons. The van der Waals surface area contributed by atoms with Crippen molar-refractivity contribution in [3.8, 4) is 0 Å². The number of aromatic amines is 1. The van der Waals surface area contributed by atoms with Crippen LogP contribution < -0.4 is 5.32 Å². The minimum absolute atomic E-state index is 0.105. The van der Waals surface area contributed by atoms with Crippen molar-refractivity contribution < 1.29 is 4.79 Å². The Bertz CT molecular complexity index is 542. The summed E-state index contributed by atoms with van der Waals surface area (Å²) in [4.78, 5) is 15.1. The Morgan fingerprint density at radius 2 is 2.11 bits per heavy atom. The van der Waals surface area contributed by atoms with E-state index in [0.717, 1.165) is 35.9 Å². The van der Waals surface area contributed by atoms with Crippen LogP contribution in [0.15, 0.2) is 30.5 Å². The number of carbonyl (C=O) groups excluding carboxylic acids is 1. The first kappa shape index (κ1) is 13.7. The molecule has 0 aliphatic heterocycles. The highest BCUT2D eigenvalue weighted by molar-refractivity contribution is 5.88. The zero-order valence-electron chi connectivity index (χ0n) is 11.7. The zero-order chi connectivity index (χ0) is 13.7. The van der Waals surface area contributed by atoms with Gasteiger partial charge in [0, 0.05) is 23.6 Å². The van der Waals surface area contributed by atoms with Crippen LogP contribution in [0.1, 0.15) is 32.3 Å². The van der Waals surface area contributed by atoms with Crippen LogP contribution in [-0.4, -0.2) is 17.4 Å². The summed E-state index contributed by atoms with van der Waals surface area (Å²) in [5.41, 5.74) is 2.15. The summed E-state index contributed by atoms with van der Waals surface area (Å²) >= 11 is 0. The Labute approximate surface area is 114 Å². The average molecular weight is 258 g/mol. The van der Waals surface area contributed by atoms with E-state index in [1.807, 2.05) is 30.5 Å². The molecule has 2 aromatic rings. The molecule has 1 aromatic carbocycles. The first-order chi connectivity index (χ1) is 9.16. The largest absolute Gasteiger partial charge is 0.361 e. The van der Waals surface area contributed by atoms with Gasteiger partial charge in [-0.2, -0.15) is 0 Å². The molecule has 1 aromatic heterocycles. The number of carbonyl (C=O) groups is 1. The second-order valence-electron chi connectivity index (χ2n) is 5.42. The van der Waals surface area contributed by atoms with E-state index in [1.165, 1.54) is 0 Å². The molecular weight excluding hydrogens is 236 g/mol. The van der Waals surface area contributed by atoms with Gasteiger partial charge in [-0.1, -0.05) is 32.0 Å². The van der Waals surface area contributed by atoms with Crippen LogP contribution in [0.3, 0.4) is 0 Å². The summed E-state index contributed by atoms with van der Waals surface area (Å²) in [6, 6.07) is 8.07. The highest BCUT2D eigenvalue weighted by atomic mass is 16.1. The molecule has 0 saturated heterocycles. The van der Waals surface area contributed by atoms with E-state index < -0.39 is 0 Å². The molecule has 0 bridgehead atoms. The average Bonchev–Trinajstić information content (AvgIpc) is 2.78. The number of rotatable bonds is 6. The number of amides is 1. The van der Waals surface area contributed by atoms with Gasteiger partial charge in [-0.3, -0.25) is 4.79 Å². The van der Waals surface area contributed by atoms with Gasteiger partial charge in [-0.05, 0) is 30.4 Å². The number of fused-ring (bicyclic) bond motifs is 1. The number of hydrogen-bond acceptors (Lipinski definition) is 1. The van der Waals surface area contributed by atoms with Crippen molar-refractivity contribution in [2.75, 3.05) is 6.54 Å². The highest BCUT2D eigenvalue weighted by Crippen LogP contribution is 2.17. The SMILES string of the molecule is CC(C)CCCNC(=O)Cc1c[nH]c2ccccc12. The molecular formula is C16H22N2O. The molecule has 1 heterocycles. The molecule has 0 saturated carbocycles. The molecule has 19 heavy (non-hydrogen) atoms. The van der Waals surface area contributed by atoms with Crippen molar-refractivity contribution in [2.45, 2.75) is 33.1 Å². The minimum Gasteiger partial charge on any atom is -0.361 e. The molecule has 0 spiro atoms. The monoisotopic (exact) mass is 258 g/mol. The Morgan fingerprint density at radius 1 is 1.32 bits per heavy atom. The lowest BCUT2D eigenvalue weighted by atomic mass is 10.1. The summed E-state index contributed by atoms with van der Waals surface area (Å²) in [5.74, 6) is 0.805. The van der Waals surface area contributed by atoms with Crippen LogP contribution in [0.2, 0.25) is 0 Å². The molecule has 0 aliphatic rings. The molecule has 1 amide bonds. The number of nitrogens with one attached hydrogen (secondary N) is 2. The standard InChI is InChI=1S/C16H22N2O/c1-12(2)6-5-9-17-16(19)10-13-11-18-15-8-4-3-7-14(13)15/h3-4,7-8,11-12,18H,5-6,9-10H2,1-2H3,(H,17,19). The number of benzene rings is 1. The van der Waals surface area contributed by atoms with E-state index in [1.54, 1.807) is 0 Å². The fourth-order valence-corrected chi connectivity index (χ4v) is 2.25. The van der Waals surface area contributed by atoms with E-state index >= 15 is 0 Å². The number of para-hydroxylation sites is 1. The lowest BCUT2D eigenvalue weighted by molar-refractivity contribution is -0.120. The van der Waals surface area contributed by atoms with Crippen molar-refractivity contribution in [1.29, 1.82) is 0 Å². The van der Waals surface area contributed by atoms with E-state index in [-0.39, 0.29) is 5.91 Å². The molecule has 0 fully saturated rings. The first-order valence-corrected chi connectivity index (χ1v) is 6.98. The molecule has 0 aliphatic carbocycles. The molecule has 2 rings (SSSR count). The van der Waals surface area contributed by atoms with Crippen molar-refractivity contribution in [3.05, 3.63) is 36.0 Å². The van der Waals surface area contributed by atoms with E-state index in [2.05, 4.69) is 24.1 Å². The first-order valence-electron chi connectivity index (χ1n) is 6.98. The molecule has 3 heteroatoms. The van der Waals surface area contributed by atoms with Gasteiger partial charge in [0.05, 0.1) is 6.42 Å². The molecule has 102 valence electrons. The summed E-state index contributed by atoms with van der Waals surface area (Å²) in [5, 5.41) is 4.13. The summed E-state index contributed by atoms with van der Waals surface area (Å²) in [6.45, 7) is 5.18. The Kier molecular flexibility index (Phi) is 4.61. The maximum absolute atomic E-state index is 11.9. The van der Waals surface area contributed by atoms with Crippen LogP contribution >= 0.6 is 0 Å². The Morgan fingerprint density at radius 3 is 2.89 bits per heavy atom. The van der Waals surface area contributed by atoms with Crippen molar-refractivity contribution in [1.82, 2.24) is 10.3 Å². The van der Waals surface area contributed by atoms with Gasteiger partial charge in [0.25, 0.3) is 0 Å². The molecule has 0 atom stereocenters. The summed E-state index contributed by atoms with van der Waals surface area (Å²) in [7, 11) is 0. The van der Waals surface area contributed by atoms with E-state index in [9.17, 15) is 4.79 Å². The summed E-state index contributed by atoms with van der Waals surface area (Å²) < 4.78 is 0. The smallest absolute Gasteiger partial charge is 0.224 e. The van der Waals surface area contributed by atoms with Crippen molar-refractivity contribution in [3.63, 3.8) is 0 Å².